The normalized spacial score (nSPS) is 14.8. The molecule has 2 aromatic rings. The average Bonchev–Trinajstić information content (AvgIpc) is 2.96. The fourth-order valence-electron chi connectivity index (χ4n) is 2.79. The second-order valence-corrected chi connectivity index (χ2v) is 5.13. The molecule has 1 fully saturated rings. The van der Waals surface area contributed by atoms with Gasteiger partial charge >= 0.3 is 0 Å². The summed E-state index contributed by atoms with van der Waals surface area (Å²) in [5, 5.41) is 9.91. The summed E-state index contributed by atoms with van der Waals surface area (Å²) in [5.41, 5.74) is 3.61. The molecule has 1 aliphatic rings. The van der Waals surface area contributed by atoms with Gasteiger partial charge in [-0.05, 0) is 36.1 Å². The number of rotatable bonds is 3. The number of aromatic hydroxyl groups is 1. The van der Waals surface area contributed by atoms with Crippen molar-refractivity contribution in [2.75, 3.05) is 18.0 Å². The lowest BCUT2D eigenvalue weighted by Crippen LogP contribution is -2.19. The van der Waals surface area contributed by atoms with Crippen LogP contribution in [0, 0.1) is 0 Å². The maximum atomic E-state index is 9.91. The number of phenols is 1. The van der Waals surface area contributed by atoms with Crippen molar-refractivity contribution in [1.29, 1.82) is 0 Å². The maximum Gasteiger partial charge on any atom is 0.119 e. The highest BCUT2D eigenvalue weighted by Gasteiger charge is 2.15. The maximum absolute atomic E-state index is 9.91. The predicted molar refractivity (Wildman–Crippen MR) is 78.8 cm³/mol. The number of hydrogen-bond acceptors (Lipinski definition) is 2. The van der Waals surface area contributed by atoms with E-state index in [4.69, 9.17) is 0 Å². The van der Waals surface area contributed by atoms with Gasteiger partial charge in [0.25, 0.3) is 0 Å². The van der Waals surface area contributed by atoms with Gasteiger partial charge in [-0.1, -0.05) is 36.4 Å². The van der Waals surface area contributed by atoms with Gasteiger partial charge in [0.05, 0.1) is 0 Å². The Balaban J connectivity index is 1.90. The van der Waals surface area contributed by atoms with Crippen molar-refractivity contribution in [2.24, 2.45) is 0 Å². The lowest BCUT2D eigenvalue weighted by atomic mass is 10.0. The second kappa shape index (κ2) is 5.35. The van der Waals surface area contributed by atoms with Crippen LogP contribution in [0.2, 0.25) is 0 Å². The van der Waals surface area contributed by atoms with E-state index in [1.54, 1.807) is 6.07 Å². The first-order valence-electron chi connectivity index (χ1n) is 6.94. The first-order valence-corrected chi connectivity index (χ1v) is 6.94. The van der Waals surface area contributed by atoms with Crippen LogP contribution in [0.25, 0.3) is 0 Å². The standard InChI is InChI=1S/C17H19NO/c19-17-10-4-2-8-15(17)13-14-7-1-3-9-16(14)18-11-5-6-12-18/h1-4,7-10,19H,5-6,11-13H2. The van der Waals surface area contributed by atoms with Crippen LogP contribution in [-0.4, -0.2) is 18.2 Å². The Labute approximate surface area is 114 Å². The van der Waals surface area contributed by atoms with Crippen molar-refractivity contribution in [1.82, 2.24) is 0 Å². The van der Waals surface area contributed by atoms with Crippen LogP contribution >= 0.6 is 0 Å². The van der Waals surface area contributed by atoms with Crippen molar-refractivity contribution in [3.05, 3.63) is 59.7 Å². The molecule has 0 aromatic heterocycles. The van der Waals surface area contributed by atoms with Crippen LogP contribution < -0.4 is 4.90 Å². The highest BCUT2D eigenvalue weighted by atomic mass is 16.3. The molecule has 3 rings (SSSR count). The first-order chi connectivity index (χ1) is 9.34. The van der Waals surface area contributed by atoms with Crippen molar-refractivity contribution >= 4 is 5.69 Å². The molecule has 0 atom stereocenters. The minimum absolute atomic E-state index is 0.388. The van der Waals surface area contributed by atoms with Gasteiger partial charge in [-0.2, -0.15) is 0 Å². The summed E-state index contributed by atoms with van der Waals surface area (Å²) < 4.78 is 0. The smallest absolute Gasteiger partial charge is 0.119 e. The van der Waals surface area contributed by atoms with Crippen molar-refractivity contribution in [3.63, 3.8) is 0 Å². The zero-order valence-corrected chi connectivity index (χ0v) is 11.0. The van der Waals surface area contributed by atoms with E-state index in [9.17, 15) is 5.11 Å². The summed E-state index contributed by atoms with van der Waals surface area (Å²) in [5.74, 6) is 0.388. The molecule has 2 aromatic carbocycles. The molecule has 98 valence electrons. The highest BCUT2D eigenvalue weighted by Crippen LogP contribution is 2.28. The van der Waals surface area contributed by atoms with Gasteiger partial charge in [-0.3, -0.25) is 0 Å². The number of para-hydroxylation sites is 2. The molecule has 0 aliphatic carbocycles. The summed E-state index contributed by atoms with van der Waals surface area (Å²) in [7, 11) is 0. The summed E-state index contributed by atoms with van der Waals surface area (Å²) in [6.07, 6.45) is 3.36. The zero-order valence-electron chi connectivity index (χ0n) is 11.0. The van der Waals surface area contributed by atoms with E-state index in [-0.39, 0.29) is 0 Å². The molecule has 0 unspecified atom stereocenters. The van der Waals surface area contributed by atoms with E-state index < -0.39 is 0 Å². The SMILES string of the molecule is Oc1ccccc1Cc1ccccc1N1CCCC1. The Kier molecular flexibility index (Phi) is 3.41. The third kappa shape index (κ3) is 2.58. The van der Waals surface area contributed by atoms with Crippen molar-refractivity contribution in [3.8, 4) is 5.75 Å². The lowest BCUT2D eigenvalue weighted by Gasteiger charge is -2.21. The van der Waals surface area contributed by atoms with Crippen LogP contribution in [0.4, 0.5) is 5.69 Å². The van der Waals surface area contributed by atoms with Gasteiger partial charge in [0, 0.05) is 25.2 Å². The Hall–Kier alpha value is -1.96. The van der Waals surface area contributed by atoms with E-state index >= 15 is 0 Å². The highest BCUT2D eigenvalue weighted by molar-refractivity contribution is 5.56. The fourth-order valence-corrected chi connectivity index (χ4v) is 2.79. The number of nitrogens with zero attached hydrogens (tertiary/aromatic N) is 1. The molecule has 0 bridgehead atoms. The number of hydrogen-bond donors (Lipinski definition) is 1. The van der Waals surface area contributed by atoms with E-state index in [1.807, 2.05) is 18.2 Å². The third-order valence-electron chi connectivity index (χ3n) is 3.81. The zero-order chi connectivity index (χ0) is 13.1. The largest absolute Gasteiger partial charge is 0.508 e. The van der Waals surface area contributed by atoms with Gasteiger partial charge in [0.15, 0.2) is 0 Å². The van der Waals surface area contributed by atoms with E-state index in [2.05, 4.69) is 29.2 Å². The van der Waals surface area contributed by atoms with E-state index in [0.717, 1.165) is 25.1 Å². The van der Waals surface area contributed by atoms with Crippen LogP contribution in [0.1, 0.15) is 24.0 Å². The molecule has 0 saturated carbocycles. The van der Waals surface area contributed by atoms with E-state index in [1.165, 1.54) is 24.1 Å². The quantitative estimate of drug-likeness (QED) is 0.903. The van der Waals surface area contributed by atoms with Gasteiger partial charge in [-0.25, -0.2) is 0 Å². The van der Waals surface area contributed by atoms with Gasteiger partial charge < -0.3 is 10.0 Å². The topological polar surface area (TPSA) is 23.5 Å². The molecule has 0 radical (unpaired) electrons. The fraction of sp³-hybridized carbons (Fsp3) is 0.294. The van der Waals surface area contributed by atoms with Crippen LogP contribution in [0.15, 0.2) is 48.5 Å². The molecule has 0 spiro atoms. The molecule has 1 saturated heterocycles. The number of anilines is 1. The van der Waals surface area contributed by atoms with Crippen LogP contribution in [0.3, 0.4) is 0 Å². The minimum atomic E-state index is 0.388. The first kappa shape index (κ1) is 12.1. The van der Waals surface area contributed by atoms with Crippen molar-refractivity contribution < 1.29 is 5.11 Å². The second-order valence-electron chi connectivity index (χ2n) is 5.13. The summed E-state index contributed by atoms with van der Waals surface area (Å²) in [6.45, 7) is 2.30. The van der Waals surface area contributed by atoms with Gasteiger partial charge in [0.1, 0.15) is 5.75 Å². The predicted octanol–water partition coefficient (Wildman–Crippen LogP) is 3.58. The van der Waals surface area contributed by atoms with Gasteiger partial charge in [-0.15, -0.1) is 0 Å². The summed E-state index contributed by atoms with van der Waals surface area (Å²) in [6, 6.07) is 16.1. The minimum Gasteiger partial charge on any atom is -0.508 e. The van der Waals surface area contributed by atoms with Crippen molar-refractivity contribution in [2.45, 2.75) is 19.3 Å². The number of phenolic OH excluding ortho intramolecular Hbond substituents is 1. The molecule has 1 aliphatic heterocycles. The van der Waals surface area contributed by atoms with Gasteiger partial charge in [0.2, 0.25) is 0 Å². The molecule has 1 heterocycles. The number of benzene rings is 2. The summed E-state index contributed by atoms with van der Waals surface area (Å²) in [4.78, 5) is 2.45. The molecular weight excluding hydrogens is 234 g/mol. The Bertz CT molecular complexity index is 559. The van der Waals surface area contributed by atoms with Crippen LogP contribution in [0.5, 0.6) is 5.75 Å². The summed E-state index contributed by atoms with van der Waals surface area (Å²) >= 11 is 0. The van der Waals surface area contributed by atoms with Crippen LogP contribution in [-0.2, 0) is 6.42 Å². The molecular formula is C17H19NO. The molecule has 0 amide bonds. The van der Waals surface area contributed by atoms with E-state index in [0.29, 0.717) is 5.75 Å². The third-order valence-corrected chi connectivity index (χ3v) is 3.81. The molecule has 19 heavy (non-hydrogen) atoms. The Morgan fingerprint density at radius 1 is 0.842 bits per heavy atom. The molecule has 2 nitrogen and oxygen atoms in total. The lowest BCUT2D eigenvalue weighted by molar-refractivity contribution is 0.469. The Morgan fingerprint density at radius 3 is 2.21 bits per heavy atom. The monoisotopic (exact) mass is 253 g/mol. The Morgan fingerprint density at radius 2 is 1.47 bits per heavy atom. The molecule has 2 heteroatoms. The average molecular weight is 253 g/mol. The molecule has 1 N–H and O–H groups in total.